The Bertz CT molecular complexity index is 2560. The van der Waals surface area contributed by atoms with Crippen LogP contribution in [-0.4, -0.2) is 19.1 Å². The normalized spacial score (nSPS) is 11.5. The topological polar surface area (TPSA) is 35.6 Å². The highest BCUT2D eigenvalue weighted by molar-refractivity contribution is 6.10. The van der Waals surface area contributed by atoms with Crippen LogP contribution in [0.4, 0.5) is 0 Å². The predicted molar refractivity (Wildman–Crippen MR) is 195 cm³/mol. The first-order valence-electron chi connectivity index (χ1n) is 15.9. The molecule has 0 fully saturated rings. The zero-order valence-electron chi connectivity index (χ0n) is 25.9. The number of fused-ring (bicyclic) bond motifs is 4. The van der Waals surface area contributed by atoms with Gasteiger partial charge in [0.25, 0.3) is 0 Å². The van der Waals surface area contributed by atoms with Crippen LogP contribution in [0, 0.1) is 0 Å². The fourth-order valence-electron chi connectivity index (χ4n) is 6.84. The molecule has 4 nitrogen and oxygen atoms in total. The molecule has 3 heterocycles. The second-order valence-electron chi connectivity index (χ2n) is 12.0. The molecule has 4 heteroatoms. The van der Waals surface area contributed by atoms with Crippen molar-refractivity contribution < 1.29 is 0 Å². The molecule has 0 spiro atoms. The van der Waals surface area contributed by atoms with Gasteiger partial charge >= 0.3 is 0 Å². The highest BCUT2D eigenvalue weighted by Gasteiger charge is 2.17. The molecule has 222 valence electrons. The van der Waals surface area contributed by atoms with Crippen molar-refractivity contribution in [1.29, 1.82) is 0 Å². The van der Waals surface area contributed by atoms with Crippen molar-refractivity contribution in [3.8, 4) is 50.6 Å². The van der Waals surface area contributed by atoms with Gasteiger partial charge in [0.2, 0.25) is 0 Å². The van der Waals surface area contributed by atoms with Gasteiger partial charge < -0.3 is 9.13 Å². The Morgan fingerprint density at radius 1 is 0.447 bits per heavy atom. The maximum atomic E-state index is 5.13. The van der Waals surface area contributed by atoms with Gasteiger partial charge in [-0.3, -0.25) is 4.98 Å². The van der Waals surface area contributed by atoms with Crippen molar-refractivity contribution in [2.45, 2.75) is 0 Å². The second kappa shape index (κ2) is 11.0. The van der Waals surface area contributed by atoms with Crippen molar-refractivity contribution >= 4 is 32.8 Å². The minimum Gasteiger partial charge on any atom is -0.327 e. The Morgan fingerprint density at radius 2 is 1.11 bits per heavy atom. The zero-order chi connectivity index (χ0) is 31.3. The van der Waals surface area contributed by atoms with E-state index in [0.29, 0.717) is 0 Å². The Kier molecular flexibility index (Phi) is 6.32. The molecular formula is C43H30N4. The summed E-state index contributed by atoms with van der Waals surface area (Å²) in [7, 11) is 2.11. The van der Waals surface area contributed by atoms with Crippen molar-refractivity contribution in [1.82, 2.24) is 19.1 Å². The van der Waals surface area contributed by atoms with E-state index >= 15 is 0 Å². The van der Waals surface area contributed by atoms with E-state index in [-0.39, 0.29) is 0 Å². The summed E-state index contributed by atoms with van der Waals surface area (Å²) >= 11 is 0. The number of benzene rings is 6. The Labute approximate surface area is 272 Å². The summed E-state index contributed by atoms with van der Waals surface area (Å²) in [6.07, 6.45) is 1.84. The quantitative estimate of drug-likeness (QED) is 0.196. The molecule has 0 aliphatic carbocycles. The van der Waals surface area contributed by atoms with E-state index in [1.165, 1.54) is 38.5 Å². The third kappa shape index (κ3) is 4.62. The molecule has 9 aromatic rings. The number of para-hydroxylation sites is 1. The van der Waals surface area contributed by atoms with Gasteiger partial charge in [-0.05, 0) is 70.8 Å². The maximum absolute atomic E-state index is 5.13. The minimum absolute atomic E-state index is 0.942. The molecule has 0 atom stereocenters. The molecule has 0 aliphatic heterocycles. The molecule has 0 saturated carbocycles. The van der Waals surface area contributed by atoms with Gasteiger partial charge in [0, 0.05) is 40.8 Å². The van der Waals surface area contributed by atoms with E-state index in [1.807, 2.05) is 18.3 Å². The Hall–Kier alpha value is -6.26. The van der Waals surface area contributed by atoms with Crippen molar-refractivity contribution in [2.75, 3.05) is 0 Å². The summed E-state index contributed by atoms with van der Waals surface area (Å²) in [6.45, 7) is 0. The number of nitrogens with zero attached hydrogens (tertiary/aromatic N) is 4. The second-order valence-corrected chi connectivity index (χ2v) is 12.0. The molecule has 0 amide bonds. The summed E-state index contributed by atoms with van der Waals surface area (Å²) in [6, 6.07) is 55.9. The van der Waals surface area contributed by atoms with Crippen molar-refractivity contribution in [3.63, 3.8) is 0 Å². The van der Waals surface area contributed by atoms with Crippen LogP contribution in [0.2, 0.25) is 0 Å². The van der Waals surface area contributed by atoms with Crippen LogP contribution >= 0.6 is 0 Å². The third-order valence-electron chi connectivity index (χ3n) is 9.20. The van der Waals surface area contributed by atoms with E-state index in [1.54, 1.807) is 0 Å². The van der Waals surface area contributed by atoms with Crippen LogP contribution in [0.15, 0.2) is 164 Å². The summed E-state index contributed by atoms with van der Waals surface area (Å²) in [5, 5.41) is 2.44. The molecule has 0 saturated heterocycles. The summed E-state index contributed by atoms with van der Waals surface area (Å²) < 4.78 is 4.58. The highest BCUT2D eigenvalue weighted by atomic mass is 15.1. The molecule has 47 heavy (non-hydrogen) atoms. The lowest BCUT2D eigenvalue weighted by Crippen LogP contribution is -1.96. The zero-order valence-corrected chi connectivity index (χ0v) is 25.9. The molecule has 9 rings (SSSR count). The van der Waals surface area contributed by atoms with Crippen LogP contribution in [0.3, 0.4) is 0 Å². The van der Waals surface area contributed by atoms with Gasteiger partial charge in [-0.25, -0.2) is 4.98 Å². The molecule has 0 unspecified atom stereocenters. The molecule has 0 aliphatic rings. The fourth-order valence-corrected chi connectivity index (χ4v) is 6.84. The van der Waals surface area contributed by atoms with Gasteiger partial charge in [-0.2, -0.15) is 0 Å². The van der Waals surface area contributed by atoms with Crippen molar-refractivity contribution in [2.24, 2.45) is 7.05 Å². The SMILES string of the molecule is Cn1c(-c2ccc3c4ccccc4n(-c4cccc(-c5ccccn5)c4)c3c2)nc2ccc(-c3ccc(-c4ccccc4)cc3)cc21. The van der Waals surface area contributed by atoms with Crippen LogP contribution in [0.25, 0.3) is 83.4 Å². The number of aryl methyl sites for hydroxylation is 1. The van der Waals surface area contributed by atoms with E-state index in [4.69, 9.17) is 4.98 Å². The first-order chi connectivity index (χ1) is 23.2. The van der Waals surface area contributed by atoms with Crippen LogP contribution in [0.1, 0.15) is 0 Å². The monoisotopic (exact) mass is 602 g/mol. The largest absolute Gasteiger partial charge is 0.327 e. The number of hydrogen-bond acceptors (Lipinski definition) is 2. The predicted octanol–water partition coefficient (Wildman–Crippen LogP) is 10.7. The fraction of sp³-hybridized carbons (Fsp3) is 0.0233. The Morgan fingerprint density at radius 3 is 1.94 bits per heavy atom. The number of aromatic nitrogens is 4. The molecular weight excluding hydrogens is 573 g/mol. The van der Waals surface area contributed by atoms with Gasteiger partial charge in [0.1, 0.15) is 5.82 Å². The van der Waals surface area contributed by atoms with Gasteiger partial charge in [-0.1, -0.05) is 109 Å². The van der Waals surface area contributed by atoms with Gasteiger partial charge in [0.05, 0.1) is 27.8 Å². The van der Waals surface area contributed by atoms with Gasteiger partial charge in [0.15, 0.2) is 0 Å². The van der Waals surface area contributed by atoms with E-state index in [0.717, 1.165) is 44.9 Å². The van der Waals surface area contributed by atoms with E-state index in [2.05, 4.69) is 167 Å². The van der Waals surface area contributed by atoms with E-state index in [9.17, 15) is 0 Å². The summed E-state index contributed by atoms with van der Waals surface area (Å²) in [5.41, 5.74) is 13.4. The smallest absolute Gasteiger partial charge is 0.140 e. The first-order valence-corrected chi connectivity index (χ1v) is 15.9. The number of rotatable bonds is 5. The van der Waals surface area contributed by atoms with E-state index < -0.39 is 0 Å². The lowest BCUT2D eigenvalue weighted by atomic mass is 10.00. The summed E-state index contributed by atoms with van der Waals surface area (Å²) in [5.74, 6) is 0.942. The molecule has 0 bridgehead atoms. The first kappa shape index (κ1) is 27.1. The lowest BCUT2D eigenvalue weighted by Gasteiger charge is -2.11. The minimum atomic E-state index is 0.942. The van der Waals surface area contributed by atoms with Crippen LogP contribution in [-0.2, 0) is 7.05 Å². The standard InChI is InChI=1S/C43H30N4/c1-46-42-27-32(31-19-17-30(18-20-31)29-10-3-2-4-11-29)22-24-39(42)45-43(46)34-21-23-37-36-14-5-6-16-40(36)47(41(37)28-34)35-13-9-12-33(26-35)38-15-7-8-25-44-38/h2-28H,1H3. The van der Waals surface area contributed by atoms with Gasteiger partial charge in [-0.15, -0.1) is 0 Å². The van der Waals surface area contributed by atoms with Crippen molar-refractivity contribution in [3.05, 3.63) is 164 Å². The molecule has 0 N–H and O–H groups in total. The average Bonchev–Trinajstić information content (AvgIpc) is 3.66. The van der Waals surface area contributed by atoms with Crippen LogP contribution in [0.5, 0.6) is 0 Å². The summed E-state index contributed by atoms with van der Waals surface area (Å²) in [4.78, 5) is 9.74. The number of hydrogen-bond donors (Lipinski definition) is 0. The number of pyridine rings is 1. The molecule has 0 radical (unpaired) electrons. The lowest BCUT2D eigenvalue weighted by molar-refractivity contribution is 0.959. The Balaban J connectivity index is 1.15. The van der Waals surface area contributed by atoms with Crippen LogP contribution < -0.4 is 0 Å². The average molecular weight is 603 g/mol. The molecule has 3 aromatic heterocycles. The molecule has 6 aromatic carbocycles. The maximum Gasteiger partial charge on any atom is 0.140 e. The third-order valence-corrected chi connectivity index (χ3v) is 9.20. The highest BCUT2D eigenvalue weighted by Crippen LogP contribution is 2.36. The number of imidazole rings is 1.